The average Bonchev–Trinajstić information content (AvgIpc) is 2.90. The van der Waals surface area contributed by atoms with Crippen molar-refractivity contribution in [3.05, 3.63) is 40.5 Å². The molecule has 0 N–H and O–H groups in total. The maximum absolute atomic E-state index is 12.0. The molecule has 2 aromatic rings. The van der Waals surface area contributed by atoms with E-state index in [2.05, 4.69) is 5.10 Å². The highest BCUT2D eigenvalue weighted by Gasteiger charge is 2.14. The molecule has 0 saturated carbocycles. The third-order valence-electron chi connectivity index (χ3n) is 2.79. The third kappa shape index (κ3) is 2.93. The quantitative estimate of drug-likeness (QED) is 0.787. The Morgan fingerprint density at radius 2 is 2.21 bits per heavy atom. The van der Waals surface area contributed by atoms with Crippen LogP contribution < -0.4 is 5.69 Å². The molecule has 7 nitrogen and oxygen atoms in total. The zero-order valence-corrected chi connectivity index (χ0v) is 11.2. The van der Waals surface area contributed by atoms with E-state index in [-0.39, 0.29) is 18.1 Å². The molecule has 0 saturated heterocycles. The molecule has 0 aliphatic heterocycles. The zero-order valence-electron chi connectivity index (χ0n) is 11.2. The summed E-state index contributed by atoms with van der Waals surface area (Å²) in [5.41, 5.74) is -0.310. The molecule has 2 heterocycles. The Balaban J connectivity index is 2.00. The molecule has 0 aliphatic carbocycles. The van der Waals surface area contributed by atoms with Crippen molar-refractivity contribution in [1.82, 2.24) is 19.2 Å². The highest BCUT2D eigenvalue weighted by molar-refractivity contribution is 5.75. The average molecular weight is 264 g/mol. The second-order valence-corrected chi connectivity index (χ2v) is 4.44. The number of carbonyl (C=O) groups excluding carboxylic acids is 1. The van der Waals surface area contributed by atoms with Crippen molar-refractivity contribution in [2.24, 2.45) is 7.05 Å². The molecule has 0 atom stereocenters. The molecule has 0 fully saturated rings. The number of amides is 1. The van der Waals surface area contributed by atoms with Crippen molar-refractivity contribution >= 4 is 5.91 Å². The number of nitrogens with zero attached hydrogens (tertiary/aromatic N) is 4. The van der Waals surface area contributed by atoms with E-state index in [9.17, 15) is 9.59 Å². The zero-order chi connectivity index (χ0) is 14.0. The van der Waals surface area contributed by atoms with E-state index >= 15 is 0 Å². The van der Waals surface area contributed by atoms with Gasteiger partial charge in [0.05, 0.1) is 6.54 Å². The van der Waals surface area contributed by atoms with Gasteiger partial charge in [-0.25, -0.2) is 9.48 Å². The smallest absolute Gasteiger partial charge is 0.345 e. The fraction of sp³-hybridized carbons (Fsp3) is 0.417. The maximum Gasteiger partial charge on any atom is 0.345 e. The van der Waals surface area contributed by atoms with Crippen molar-refractivity contribution in [2.75, 3.05) is 7.05 Å². The largest absolute Gasteiger partial charge is 0.464 e. The topological polar surface area (TPSA) is 73.3 Å². The van der Waals surface area contributed by atoms with Gasteiger partial charge in [0, 0.05) is 14.1 Å². The van der Waals surface area contributed by atoms with E-state index in [1.54, 1.807) is 14.1 Å². The van der Waals surface area contributed by atoms with Crippen molar-refractivity contribution < 1.29 is 9.21 Å². The van der Waals surface area contributed by atoms with Gasteiger partial charge >= 0.3 is 5.69 Å². The van der Waals surface area contributed by atoms with Crippen LogP contribution >= 0.6 is 0 Å². The molecular formula is C12H16N4O3. The minimum Gasteiger partial charge on any atom is -0.464 e. The van der Waals surface area contributed by atoms with Gasteiger partial charge in [0.25, 0.3) is 0 Å². The van der Waals surface area contributed by atoms with E-state index < -0.39 is 0 Å². The number of carbonyl (C=O) groups is 1. The van der Waals surface area contributed by atoms with Crippen LogP contribution in [0.3, 0.4) is 0 Å². The molecule has 2 aromatic heterocycles. The van der Waals surface area contributed by atoms with Crippen LogP contribution in [0, 0.1) is 6.92 Å². The number of likely N-dealkylation sites (N-methyl/N-ethyl adjacent to an activating group) is 1. The molecule has 2 rings (SSSR count). The predicted molar refractivity (Wildman–Crippen MR) is 67.4 cm³/mol. The third-order valence-corrected chi connectivity index (χ3v) is 2.79. The number of hydrogen-bond acceptors (Lipinski definition) is 4. The molecule has 0 radical (unpaired) electrons. The lowest BCUT2D eigenvalue weighted by Crippen LogP contribution is -2.34. The highest BCUT2D eigenvalue weighted by Crippen LogP contribution is 2.08. The summed E-state index contributed by atoms with van der Waals surface area (Å²) in [5, 5.41) is 3.85. The van der Waals surface area contributed by atoms with Gasteiger partial charge in [0.1, 0.15) is 24.4 Å². The van der Waals surface area contributed by atoms with Crippen LogP contribution in [-0.4, -0.2) is 32.2 Å². The van der Waals surface area contributed by atoms with E-state index in [0.717, 1.165) is 10.4 Å². The number of furan rings is 1. The van der Waals surface area contributed by atoms with Crippen LogP contribution in [0.5, 0.6) is 0 Å². The minimum atomic E-state index is -0.310. The molecule has 0 aromatic carbocycles. The predicted octanol–water partition coefficient (Wildman–Crippen LogP) is 0.142. The van der Waals surface area contributed by atoms with Gasteiger partial charge in [-0.15, -0.1) is 0 Å². The highest BCUT2D eigenvalue weighted by atomic mass is 16.3. The molecular weight excluding hydrogens is 248 g/mol. The Morgan fingerprint density at radius 3 is 2.74 bits per heavy atom. The van der Waals surface area contributed by atoms with Gasteiger partial charge in [-0.3, -0.25) is 9.36 Å². The monoisotopic (exact) mass is 264 g/mol. The summed E-state index contributed by atoms with van der Waals surface area (Å²) in [7, 11) is 3.25. The van der Waals surface area contributed by atoms with Crippen LogP contribution in [0.15, 0.2) is 27.7 Å². The first-order valence-electron chi connectivity index (χ1n) is 5.85. The normalized spacial score (nSPS) is 10.7. The molecule has 19 heavy (non-hydrogen) atoms. The number of aryl methyl sites for hydroxylation is 2. The molecule has 1 amide bonds. The number of rotatable bonds is 4. The van der Waals surface area contributed by atoms with Crippen molar-refractivity contribution in [3.63, 3.8) is 0 Å². The lowest BCUT2D eigenvalue weighted by molar-refractivity contribution is -0.131. The Labute approximate surface area is 110 Å². The molecule has 0 spiro atoms. The summed E-state index contributed by atoms with van der Waals surface area (Å²) in [6.45, 7) is 2.14. The van der Waals surface area contributed by atoms with E-state index in [1.165, 1.54) is 15.8 Å². The standard InChI is InChI=1S/C12H16N4O3/c1-9-4-5-10(19-9)6-14(2)11(17)7-16-12(18)15(3)8-13-16/h4-5,8H,6-7H2,1-3H3. The molecule has 0 bridgehead atoms. The maximum atomic E-state index is 12.0. The molecule has 7 heteroatoms. The van der Waals surface area contributed by atoms with Crippen LogP contribution in [0.4, 0.5) is 0 Å². The van der Waals surface area contributed by atoms with Gasteiger partial charge < -0.3 is 9.32 Å². The minimum absolute atomic E-state index is 0.0735. The fourth-order valence-electron chi connectivity index (χ4n) is 1.67. The first-order valence-corrected chi connectivity index (χ1v) is 5.85. The Bertz CT molecular complexity index is 637. The van der Waals surface area contributed by atoms with E-state index in [0.29, 0.717) is 12.3 Å². The molecule has 0 unspecified atom stereocenters. The lowest BCUT2D eigenvalue weighted by Gasteiger charge is -2.15. The van der Waals surface area contributed by atoms with Crippen molar-refractivity contribution in [2.45, 2.75) is 20.0 Å². The van der Waals surface area contributed by atoms with E-state index in [1.807, 2.05) is 19.1 Å². The van der Waals surface area contributed by atoms with Crippen molar-refractivity contribution in [3.8, 4) is 0 Å². The van der Waals surface area contributed by atoms with Crippen LogP contribution in [0.25, 0.3) is 0 Å². The summed E-state index contributed by atoms with van der Waals surface area (Å²) >= 11 is 0. The number of hydrogen-bond donors (Lipinski definition) is 0. The van der Waals surface area contributed by atoms with Gasteiger partial charge in [-0.05, 0) is 19.1 Å². The van der Waals surface area contributed by atoms with Crippen LogP contribution in [0.1, 0.15) is 11.5 Å². The molecule has 0 aliphatic rings. The molecule has 102 valence electrons. The van der Waals surface area contributed by atoms with Gasteiger partial charge in [-0.2, -0.15) is 5.10 Å². The summed E-state index contributed by atoms with van der Waals surface area (Å²) < 4.78 is 7.85. The summed E-state index contributed by atoms with van der Waals surface area (Å²) in [6.07, 6.45) is 1.38. The van der Waals surface area contributed by atoms with Crippen LogP contribution in [0.2, 0.25) is 0 Å². The van der Waals surface area contributed by atoms with Gasteiger partial charge in [0.15, 0.2) is 0 Å². The number of aromatic nitrogens is 3. The first kappa shape index (κ1) is 13.1. The first-order chi connectivity index (χ1) is 8.97. The van der Waals surface area contributed by atoms with Gasteiger partial charge in [-0.1, -0.05) is 0 Å². The summed E-state index contributed by atoms with van der Waals surface area (Å²) in [4.78, 5) is 25.0. The fourth-order valence-corrected chi connectivity index (χ4v) is 1.67. The SMILES string of the molecule is Cc1ccc(CN(C)C(=O)Cn2ncn(C)c2=O)o1. The Morgan fingerprint density at radius 1 is 1.47 bits per heavy atom. The second-order valence-electron chi connectivity index (χ2n) is 4.44. The lowest BCUT2D eigenvalue weighted by atomic mass is 10.4. The van der Waals surface area contributed by atoms with E-state index in [4.69, 9.17) is 4.42 Å². The Kier molecular flexibility index (Phi) is 3.55. The van der Waals surface area contributed by atoms with Crippen molar-refractivity contribution in [1.29, 1.82) is 0 Å². The Hall–Kier alpha value is -2.31. The van der Waals surface area contributed by atoms with Crippen LogP contribution in [-0.2, 0) is 24.9 Å². The second kappa shape index (κ2) is 5.13. The summed E-state index contributed by atoms with van der Waals surface area (Å²) in [6, 6.07) is 3.67. The summed E-state index contributed by atoms with van der Waals surface area (Å²) in [5.74, 6) is 1.31. The van der Waals surface area contributed by atoms with Gasteiger partial charge in [0.2, 0.25) is 5.91 Å².